The van der Waals surface area contributed by atoms with Crippen LogP contribution in [0.5, 0.6) is 0 Å². The summed E-state index contributed by atoms with van der Waals surface area (Å²) < 4.78 is 0. The van der Waals surface area contributed by atoms with Crippen LogP contribution in [0.1, 0.15) is 5.56 Å². The Morgan fingerprint density at radius 1 is 1.18 bits per heavy atom. The minimum atomic E-state index is -0.250. The van der Waals surface area contributed by atoms with E-state index >= 15 is 0 Å². The molecule has 2 N–H and O–H groups in total. The van der Waals surface area contributed by atoms with Crippen molar-refractivity contribution in [3.05, 3.63) is 35.9 Å². The van der Waals surface area contributed by atoms with Gasteiger partial charge in [-0.2, -0.15) is 0 Å². The zero-order valence-corrected chi connectivity index (χ0v) is 12.3. The SMILES string of the molecule is NCc1ccccc1.[Br][Zn][Br]. The van der Waals surface area contributed by atoms with Crippen LogP contribution in [-0.2, 0) is 19.8 Å². The Bertz CT molecular complexity index is 169. The first-order valence-corrected chi connectivity index (χ1v) is 17.1. The molecular weight excluding hydrogens is 323 g/mol. The molecule has 11 heavy (non-hydrogen) atoms. The quantitative estimate of drug-likeness (QED) is 0.787. The predicted molar refractivity (Wildman–Crippen MR) is 52.2 cm³/mol. The number of benzene rings is 1. The number of hydrogen-bond acceptors (Lipinski definition) is 1. The molecule has 1 aromatic rings. The molecule has 0 unspecified atom stereocenters. The molecular formula is C7H9Br2NZn. The van der Waals surface area contributed by atoms with Gasteiger partial charge in [-0.3, -0.25) is 0 Å². The molecule has 0 bridgehead atoms. The van der Waals surface area contributed by atoms with Gasteiger partial charge in [-0.15, -0.1) is 0 Å². The van der Waals surface area contributed by atoms with Crippen molar-refractivity contribution in [3.63, 3.8) is 0 Å². The van der Waals surface area contributed by atoms with Crippen molar-refractivity contribution in [1.29, 1.82) is 0 Å². The molecule has 0 atom stereocenters. The summed E-state index contributed by atoms with van der Waals surface area (Å²) in [6.45, 7) is 0.640. The predicted octanol–water partition coefficient (Wildman–Crippen LogP) is 2.83. The normalized spacial score (nSPS) is 7.55. The molecule has 1 aromatic carbocycles. The molecule has 0 aliphatic heterocycles. The summed E-state index contributed by atoms with van der Waals surface area (Å²) in [4.78, 5) is 0. The second-order valence-corrected chi connectivity index (χ2v) is 15.9. The monoisotopic (exact) mass is 329 g/mol. The summed E-state index contributed by atoms with van der Waals surface area (Å²) in [5.74, 6) is 0. The van der Waals surface area contributed by atoms with Crippen LogP contribution in [0.4, 0.5) is 0 Å². The van der Waals surface area contributed by atoms with Crippen LogP contribution in [0.25, 0.3) is 0 Å². The van der Waals surface area contributed by atoms with Crippen molar-refractivity contribution in [2.24, 2.45) is 5.73 Å². The molecule has 0 aromatic heterocycles. The molecule has 0 spiro atoms. The molecule has 1 rings (SSSR count). The van der Waals surface area contributed by atoms with Crippen molar-refractivity contribution in [2.75, 3.05) is 0 Å². The minimum absolute atomic E-state index is 0.250. The van der Waals surface area contributed by atoms with Crippen molar-refractivity contribution >= 4 is 27.2 Å². The van der Waals surface area contributed by atoms with Crippen LogP contribution < -0.4 is 5.73 Å². The van der Waals surface area contributed by atoms with E-state index in [1.807, 2.05) is 30.3 Å². The second kappa shape index (κ2) is 8.86. The fourth-order valence-electron chi connectivity index (χ4n) is 0.614. The number of halogens is 2. The topological polar surface area (TPSA) is 26.0 Å². The van der Waals surface area contributed by atoms with E-state index in [2.05, 4.69) is 27.2 Å². The Hall–Kier alpha value is 0.763. The summed E-state index contributed by atoms with van der Waals surface area (Å²) in [5.41, 5.74) is 6.54. The molecule has 0 heterocycles. The van der Waals surface area contributed by atoms with E-state index in [1.54, 1.807) is 0 Å². The Balaban J connectivity index is 0.000000292. The van der Waals surface area contributed by atoms with E-state index in [4.69, 9.17) is 5.73 Å². The molecule has 0 saturated heterocycles. The molecule has 0 saturated carbocycles. The van der Waals surface area contributed by atoms with Gasteiger partial charge in [0.25, 0.3) is 0 Å². The van der Waals surface area contributed by atoms with Gasteiger partial charge in [-0.25, -0.2) is 0 Å². The van der Waals surface area contributed by atoms with Crippen LogP contribution >= 0.6 is 27.2 Å². The van der Waals surface area contributed by atoms with E-state index in [1.165, 1.54) is 5.56 Å². The van der Waals surface area contributed by atoms with E-state index in [0.29, 0.717) is 6.54 Å². The van der Waals surface area contributed by atoms with Crippen molar-refractivity contribution < 1.29 is 13.2 Å². The first-order valence-electron chi connectivity index (χ1n) is 3.21. The summed E-state index contributed by atoms with van der Waals surface area (Å²) in [6.07, 6.45) is 0. The molecule has 0 aliphatic rings. The van der Waals surface area contributed by atoms with E-state index < -0.39 is 0 Å². The first-order chi connectivity index (χ1) is 5.35. The molecule has 1 nitrogen and oxygen atoms in total. The van der Waals surface area contributed by atoms with Crippen LogP contribution in [0.2, 0.25) is 0 Å². The van der Waals surface area contributed by atoms with Crippen LogP contribution in [0.15, 0.2) is 30.3 Å². The summed E-state index contributed by atoms with van der Waals surface area (Å²) in [5, 5.41) is 0. The Kier molecular flexibility index (Phi) is 9.47. The Morgan fingerprint density at radius 3 is 1.91 bits per heavy atom. The van der Waals surface area contributed by atoms with E-state index in [9.17, 15) is 0 Å². The first kappa shape index (κ1) is 11.8. The van der Waals surface area contributed by atoms with Gasteiger partial charge in [0.2, 0.25) is 0 Å². The van der Waals surface area contributed by atoms with Gasteiger partial charge in [0.05, 0.1) is 0 Å². The molecule has 0 amide bonds. The summed E-state index contributed by atoms with van der Waals surface area (Å²) >= 11 is 6.25. The maximum atomic E-state index is 5.35. The van der Waals surface area contributed by atoms with Gasteiger partial charge in [0.15, 0.2) is 0 Å². The standard InChI is InChI=1S/C7H9N.2BrH.Zn/c8-6-7-4-2-1-3-5-7;;;/h1-5H,6,8H2;2*1H;/q;;;+2/p-2. The van der Waals surface area contributed by atoms with Crippen LogP contribution in [-0.4, -0.2) is 0 Å². The molecule has 4 heteroatoms. The number of hydrogen-bond donors (Lipinski definition) is 1. The van der Waals surface area contributed by atoms with E-state index in [0.717, 1.165) is 0 Å². The zero-order chi connectivity index (χ0) is 8.53. The van der Waals surface area contributed by atoms with Crippen LogP contribution in [0.3, 0.4) is 0 Å². The Labute approximate surface area is 88.1 Å². The van der Waals surface area contributed by atoms with Gasteiger partial charge in [0, 0.05) is 6.54 Å². The third-order valence-electron chi connectivity index (χ3n) is 1.08. The molecule has 0 fully saturated rings. The zero-order valence-electron chi connectivity index (χ0n) is 6.13. The third kappa shape index (κ3) is 7.14. The summed E-state index contributed by atoms with van der Waals surface area (Å²) in [6, 6.07) is 9.99. The molecule has 0 radical (unpaired) electrons. The van der Waals surface area contributed by atoms with Crippen molar-refractivity contribution in [3.8, 4) is 0 Å². The summed E-state index contributed by atoms with van der Waals surface area (Å²) in [7, 11) is 0. The molecule has 58 valence electrons. The number of nitrogens with two attached hydrogens (primary N) is 1. The van der Waals surface area contributed by atoms with Crippen molar-refractivity contribution in [1.82, 2.24) is 0 Å². The van der Waals surface area contributed by atoms with Gasteiger partial charge in [0.1, 0.15) is 0 Å². The van der Waals surface area contributed by atoms with Gasteiger partial charge >= 0.3 is 40.5 Å². The van der Waals surface area contributed by atoms with Crippen LogP contribution in [0, 0.1) is 0 Å². The number of rotatable bonds is 1. The van der Waals surface area contributed by atoms with Gasteiger partial charge in [-0.1, -0.05) is 30.3 Å². The average molecular weight is 332 g/mol. The fraction of sp³-hybridized carbons (Fsp3) is 0.143. The fourth-order valence-corrected chi connectivity index (χ4v) is 0.614. The Morgan fingerprint density at radius 2 is 1.64 bits per heavy atom. The van der Waals surface area contributed by atoms with Gasteiger partial charge < -0.3 is 5.73 Å². The maximum absolute atomic E-state index is 5.35. The van der Waals surface area contributed by atoms with E-state index in [-0.39, 0.29) is 13.2 Å². The third-order valence-corrected chi connectivity index (χ3v) is 1.08. The average Bonchev–Trinajstić information content (AvgIpc) is 2.08. The molecule has 0 aliphatic carbocycles. The van der Waals surface area contributed by atoms with Crippen molar-refractivity contribution in [2.45, 2.75) is 6.54 Å². The second-order valence-electron chi connectivity index (χ2n) is 1.79. The van der Waals surface area contributed by atoms with Gasteiger partial charge in [-0.05, 0) is 5.56 Å².